The van der Waals surface area contributed by atoms with Gasteiger partial charge in [0.15, 0.2) is 0 Å². The molecule has 0 fully saturated rings. The Morgan fingerprint density at radius 3 is 1.97 bits per heavy atom. The zero-order valence-corrected chi connectivity index (χ0v) is 17.4. The van der Waals surface area contributed by atoms with Crippen molar-refractivity contribution >= 4 is 23.7 Å². The standard InChI is InChI=1S/C26H19ClN2O/c1-17-3-9-20(10-4-17)24-23(15-28)26(29-16-19-7-13-22(27)14-8-19)30-25(24)21-11-5-18(2)6-12-21/h3-14,16H,1-2H3. The lowest BCUT2D eigenvalue weighted by molar-refractivity contribution is 0.593. The molecule has 3 aromatic carbocycles. The number of furan rings is 1. The molecule has 0 aliphatic carbocycles. The summed E-state index contributed by atoms with van der Waals surface area (Å²) in [6.45, 7) is 4.07. The van der Waals surface area contributed by atoms with Crippen molar-refractivity contribution < 1.29 is 4.42 Å². The van der Waals surface area contributed by atoms with E-state index in [1.54, 1.807) is 18.3 Å². The third-order valence-corrected chi connectivity index (χ3v) is 5.11. The molecule has 3 nitrogen and oxygen atoms in total. The second-order valence-electron chi connectivity index (χ2n) is 7.14. The molecule has 0 amide bonds. The maximum atomic E-state index is 9.95. The van der Waals surface area contributed by atoms with Crippen LogP contribution in [-0.2, 0) is 0 Å². The average Bonchev–Trinajstić information content (AvgIpc) is 3.13. The first-order valence-corrected chi connectivity index (χ1v) is 9.93. The number of hydrogen-bond donors (Lipinski definition) is 0. The fraction of sp³-hybridized carbons (Fsp3) is 0.0769. The number of aliphatic imine (C=N–C) groups is 1. The molecule has 0 spiro atoms. The Hall–Kier alpha value is -3.61. The average molecular weight is 411 g/mol. The van der Waals surface area contributed by atoms with Crippen molar-refractivity contribution in [3.8, 4) is 28.5 Å². The fourth-order valence-corrected chi connectivity index (χ4v) is 3.33. The van der Waals surface area contributed by atoms with E-state index in [4.69, 9.17) is 16.0 Å². The Bertz CT molecular complexity index is 1240. The van der Waals surface area contributed by atoms with Crippen LogP contribution in [0.5, 0.6) is 0 Å². The van der Waals surface area contributed by atoms with Crippen molar-refractivity contribution in [2.75, 3.05) is 0 Å². The van der Waals surface area contributed by atoms with Gasteiger partial charge >= 0.3 is 0 Å². The number of nitrogens with zero attached hydrogens (tertiary/aromatic N) is 2. The summed E-state index contributed by atoms with van der Waals surface area (Å²) in [5, 5.41) is 10.6. The van der Waals surface area contributed by atoms with Crippen LogP contribution in [0.3, 0.4) is 0 Å². The van der Waals surface area contributed by atoms with Crippen molar-refractivity contribution in [1.82, 2.24) is 0 Å². The number of aryl methyl sites for hydroxylation is 2. The summed E-state index contributed by atoms with van der Waals surface area (Å²) in [5.74, 6) is 0.928. The smallest absolute Gasteiger partial charge is 0.238 e. The first-order valence-electron chi connectivity index (χ1n) is 9.56. The van der Waals surface area contributed by atoms with Crippen LogP contribution in [0.15, 0.2) is 82.2 Å². The molecule has 4 rings (SSSR count). The Balaban J connectivity index is 1.88. The van der Waals surface area contributed by atoms with Gasteiger partial charge in [0, 0.05) is 22.4 Å². The number of benzene rings is 3. The second-order valence-corrected chi connectivity index (χ2v) is 7.58. The molecule has 0 aliphatic rings. The SMILES string of the molecule is Cc1ccc(-c2oc(N=Cc3ccc(Cl)cc3)c(C#N)c2-c2ccc(C)cc2)cc1. The van der Waals surface area contributed by atoms with Gasteiger partial charge in [0.05, 0.1) is 0 Å². The molecular weight excluding hydrogens is 392 g/mol. The molecule has 0 N–H and O–H groups in total. The summed E-state index contributed by atoms with van der Waals surface area (Å²) in [4.78, 5) is 4.49. The molecule has 4 heteroatoms. The van der Waals surface area contributed by atoms with Gasteiger partial charge in [-0.25, -0.2) is 4.99 Å². The van der Waals surface area contributed by atoms with E-state index in [2.05, 4.69) is 11.1 Å². The summed E-state index contributed by atoms with van der Waals surface area (Å²) >= 11 is 5.95. The van der Waals surface area contributed by atoms with Gasteiger partial charge in [0.1, 0.15) is 17.4 Å². The normalized spacial score (nSPS) is 11.0. The summed E-state index contributed by atoms with van der Waals surface area (Å²) in [5.41, 5.74) is 6.17. The number of rotatable bonds is 4. The lowest BCUT2D eigenvalue weighted by atomic mass is 9.97. The monoisotopic (exact) mass is 410 g/mol. The van der Waals surface area contributed by atoms with Crippen molar-refractivity contribution in [2.45, 2.75) is 13.8 Å². The van der Waals surface area contributed by atoms with Gasteiger partial charge in [-0.05, 0) is 37.1 Å². The van der Waals surface area contributed by atoms with E-state index in [0.29, 0.717) is 22.2 Å². The Morgan fingerprint density at radius 2 is 1.40 bits per heavy atom. The Labute approximate surface area is 180 Å². The minimum absolute atomic E-state index is 0.290. The van der Waals surface area contributed by atoms with Gasteiger partial charge < -0.3 is 4.42 Å². The summed E-state index contributed by atoms with van der Waals surface area (Å²) in [7, 11) is 0. The molecule has 146 valence electrons. The van der Waals surface area contributed by atoms with Crippen LogP contribution in [0.25, 0.3) is 22.5 Å². The van der Waals surface area contributed by atoms with Gasteiger partial charge in [-0.1, -0.05) is 83.4 Å². The Kier molecular flexibility index (Phi) is 5.52. The number of hydrogen-bond acceptors (Lipinski definition) is 3. The van der Waals surface area contributed by atoms with Crippen LogP contribution in [0.1, 0.15) is 22.3 Å². The number of halogens is 1. The molecule has 0 atom stereocenters. The lowest BCUT2D eigenvalue weighted by Crippen LogP contribution is -1.85. The van der Waals surface area contributed by atoms with Gasteiger partial charge in [-0.15, -0.1) is 0 Å². The first kappa shape index (κ1) is 19.7. The topological polar surface area (TPSA) is 49.3 Å². The van der Waals surface area contributed by atoms with Crippen LogP contribution in [-0.4, -0.2) is 6.21 Å². The van der Waals surface area contributed by atoms with Crippen molar-refractivity contribution in [3.05, 3.63) is 100 Å². The quantitative estimate of drug-likeness (QED) is 0.327. The van der Waals surface area contributed by atoms with Crippen LogP contribution in [0, 0.1) is 25.2 Å². The molecule has 4 aromatic rings. The summed E-state index contributed by atoms with van der Waals surface area (Å²) < 4.78 is 6.15. The van der Waals surface area contributed by atoms with E-state index in [1.807, 2.05) is 74.5 Å². The molecule has 0 aliphatic heterocycles. The van der Waals surface area contributed by atoms with Crippen LogP contribution in [0.2, 0.25) is 5.02 Å². The second kappa shape index (κ2) is 8.41. The highest BCUT2D eigenvalue weighted by atomic mass is 35.5. The van der Waals surface area contributed by atoms with Crippen molar-refractivity contribution in [2.24, 2.45) is 4.99 Å². The van der Waals surface area contributed by atoms with Gasteiger partial charge in [0.25, 0.3) is 0 Å². The minimum atomic E-state index is 0.290. The molecule has 0 bridgehead atoms. The highest BCUT2D eigenvalue weighted by molar-refractivity contribution is 6.30. The molecule has 0 saturated heterocycles. The zero-order valence-electron chi connectivity index (χ0n) is 16.7. The molecule has 0 radical (unpaired) electrons. The number of nitriles is 1. The van der Waals surface area contributed by atoms with E-state index in [1.165, 1.54) is 0 Å². The van der Waals surface area contributed by atoms with Crippen LogP contribution < -0.4 is 0 Å². The molecular formula is C26H19ClN2O. The Morgan fingerprint density at radius 1 is 0.833 bits per heavy atom. The van der Waals surface area contributed by atoms with Gasteiger partial charge in [-0.3, -0.25) is 0 Å². The highest BCUT2D eigenvalue weighted by Gasteiger charge is 2.22. The molecule has 30 heavy (non-hydrogen) atoms. The molecule has 0 saturated carbocycles. The predicted octanol–water partition coefficient (Wildman–Crippen LogP) is 7.51. The maximum absolute atomic E-state index is 9.95. The lowest BCUT2D eigenvalue weighted by Gasteiger charge is -2.05. The summed E-state index contributed by atoms with van der Waals surface area (Å²) in [6, 6.07) is 25.7. The van der Waals surface area contributed by atoms with E-state index < -0.39 is 0 Å². The summed E-state index contributed by atoms with van der Waals surface area (Å²) in [6.07, 6.45) is 1.67. The largest absolute Gasteiger partial charge is 0.436 e. The van der Waals surface area contributed by atoms with E-state index >= 15 is 0 Å². The zero-order chi connectivity index (χ0) is 21.1. The fourth-order valence-electron chi connectivity index (χ4n) is 3.20. The first-order chi connectivity index (χ1) is 14.5. The highest BCUT2D eigenvalue weighted by Crippen LogP contribution is 2.42. The van der Waals surface area contributed by atoms with E-state index in [0.717, 1.165) is 33.4 Å². The molecule has 1 heterocycles. The predicted molar refractivity (Wildman–Crippen MR) is 122 cm³/mol. The minimum Gasteiger partial charge on any atom is -0.436 e. The maximum Gasteiger partial charge on any atom is 0.238 e. The van der Waals surface area contributed by atoms with Crippen molar-refractivity contribution in [3.63, 3.8) is 0 Å². The third kappa shape index (κ3) is 4.05. The van der Waals surface area contributed by atoms with Crippen LogP contribution >= 0.6 is 11.6 Å². The van der Waals surface area contributed by atoms with Crippen molar-refractivity contribution in [1.29, 1.82) is 5.26 Å². The van der Waals surface area contributed by atoms with E-state index in [-0.39, 0.29) is 0 Å². The molecule has 0 unspecified atom stereocenters. The van der Waals surface area contributed by atoms with Crippen LogP contribution in [0.4, 0.5) is 5.88 Å². The molecule has 1 aromatic heterocycles. The third-order valence-electron chi connectivity index (χ3n) is 4.86. The van der Waals surface area contributed by atoms with E-state index in [9.17, 15) is 5.26 Å². The van der Waals surface area contributed by atoms with Gasteiger partial charge in [0.2, 0.25) is 5.88 Å². The van der Waals surface area contributed by atoms with Gasteiger partial charge in [-0.2, -0.15) is 5.26 Å².